The maximum Gasteiger partial charge on any atom is 0.0384 e. The van der Waals surface area contributed by atoms with Gasteiger partial charge >= 0.3 is 0 Å². The first-order valence-electron chi connectivity index (χ1n) is 11.7. The van der Waals surface area contributed by atoms with E-state index in [-0.39, 0.29) is 0 Å². The average molecular weight is 428 g/mol. The van der Waals surface area contributed by atoms with Gasteiger partial charge in [-0.3, -0.25) is 0 Å². The Morgan fingerprint density at radius 2 is 1.21 bits per heavy atom. The first-order valence-corrected chi connectivity index (χ1v) is 11.7. The van der Waals surface area contributed by atoms with Crippen molar-refractivity contribution < 1.29 is 0 Å². The minimum atomic E-state index is 1.09. The van der Waals surface area contributed by atoms with Gasteiger partial charge in [0.05, 0.1) is 0 Å². The topological polar surface area (TPSA) is 12.0 Å². The number of aryl methyl sites for hydroxylation is 1. The molecule has 1 nitrogen and oxygen atoms in total. The van der Waals surface area contributed by atoms with Crippen LogP contribution in [0.15, 0.2) is 109 Å². The Kier molecular flexibility index (Phi) is 5.95. The van der Waals surface area contributed by atoms with E-state index in [1.54, 1.807) is 0 Å². The van der Waals surface area contributed by atoms with Crippen LogP contribution in [0.4, 0.5) is 11.4 Å². The Labute approximate surface area is 197 Å². The van der Waals surface area contributed by atoms with Crippen LogP contribution in [-0.2, 0) is 0 Å². The molecule has 0 radical (unpaired) electrons. The number of anilines is 2. The number of allylic oxidation sites excluding steroid dienone is 4. The second-order valence-corrected chi connectivity index (χ2v) is 8.71. The van der Waals surface area contributed by atoms with Gasteiger partial charge in [-0.05, 0) is 95.5 Å². The smallest absolute Gasteiger partial charge is 0.0384 e. The van der Waals surface area contributed by atoms with E-state index in [0.717, 1.165) is 24.2 Å². The molecule has 5 rings (SSSR count). The average Bonchev–Trinajstić information content (AvgIpc) is 2.86. The molecule has 0 saturated heterocycles. The summed E-state index contributed by atoms with van der Waals surface area (Å²) in [5, 5.41) is 3.53. The van der Waals surface area contributed by atoms with E-state index in [9.17, 15) is 0 Å². The van der Waals surface area contributed by atoms with Gasteiger partial charge < -0.3 is 5.32 Å². The van der Waals surface area contributed by atoms with E-state index in [1.165, 1.54) is 44.5 Å². The lowest BCUT2D eigenvalue weighted by Gasteiger charge is -2.14. The summed E-state index contributed by atoms with van der Waals surface area (Å²) in [4.78, 5) is 0. The second kappa shape index (κ2) is 9.34. The van der Waals surface area contributed by atoms with Gasteiger partial charge in [-0.25, -0.2) is 0 Å². The molecule has 4 aromatic carbocycles. The van der Waals surface area contributed by atoms with Gasteiger partial charge in [-0.1, -0.05) is 85.0 Å². The van der Waals surface area contributed by atoms with Crippen LogP contribution in [0.2, 0.25) is 0 Å². The van der Waals surface area contributed by atoms with Gasteiger partial charge in [-0.15, -0.1) is 0 Å². The Hall–Kier alpha value is -3.84. The molecular formula is C32H29N. The minimum absolute atomic E-state index is 1.09. The van der Waals surface area contributed by atoms with Gasteiger partial charge in [0.1, 0.15) is 0 Å². The molecular weight excluding hydrogens is 398 g/mol. The number of hydrogen-bond donors (Lipinski definition) is 1. The molecule has 0 bridgehead atoms. The van der Waals surface area contributed by atoms with Crippen molar-refractivity contribution in [1.29, 1.82) is 0 Å². The van der Waals surface area contributed by atoms with Crippen LogP contribution in [0.3, 0.4) is 0 Å². The van der Waals surface area contributed by atoms with E-state index in [0.29, 0.717) is 0 Å². The molecule has 1 heteroatoms. The number of hydrogen-bond acceptors (Lipinski definition) is 1. The highest BCUT2D eigenvalue weighted by Gasteiger charge is 2.10. The summed E-state index contributed by atoms with van der Waals surface area (Å²) in [7, 11) is 0. The molecule has 0 heterocycles. The van der Waals surface area contributed by atoms with Crippen molar-refractivity contribution in [1.82, 2.24) is 0 Å². The Balaban J connectivity index is 1.35. The summed E-state index contributed by atoms with van der Waals surface area (Å²) >= 11 is 0. The van der Waals surface area contributed by atoms with E-state index in [1.807, 2.05) is 0 Å². The number of rotatable bonds is 5. The summed E-state index contributed by atoms with van der Waals surface area (Å²) < 4.78 is 0. The van der Waals surface area contributed by atoms with Crippen molar-refractivity contribution in [3.8, 4) is 22.3 Å². The Bertz CT molecular complexity index is 1320. The van der Waals surface area contributed by atoms with Gasteiger partial charge in [0.15, 0.2) is 0 Å². The standard InChI is InChI=1S/C32H29N/c1-23-9-6-7-12-30(23)32-14-8-13-31(24(32)2)27-17-21-29(22-18-27)33-28-19-15-26(16-20-28)25-10-4-3-5-11-25/h4,6-22,33H,3,5H2,1-2H3. The first kappa shape index (κ1) is 21.0. The summed E-state index contributed by atoms with van der Waals surface area (Å²) in [5.74, 6) is 0. The monoisotopic (exact) mass is 427 g/mol. The van der Waals surface area contributed by atoms with Crippen LogP contribution in [0, 0.1) is 13.8 Å². The van der Waals surface area contributed by atoms with Crippen LogP contribution in [0.25, 0.3) is 27.8 Å². The Morgan fingerprint density at radius 3 is 1.88 bits per heavy atom. The lowest BCUT2D eigenvalue weighted by molar-refractivity contribution is 1.04. The highest BCUT2D eigenvalue weighted by atomic mass is 14.9. The van der Waals surface area contributed by atoms with E-state index in [2.05, 4.69) is 128 Å². The largest absolute Gasteiger partial charge is 0.356 e. The molecule has 162 valence electrons. The Morgan fingerprint density at radius 1 is 0.576 bits per heavy atom. The van der Waals surface area contributed by atoms with Crippen LogP contribution in [-0.4, -0.2) is 0 Å². The molecule has 1 aliphatic rings. The van der Waals surface area contributed by atoms with Gasteiger partial charge in [-0.2, -0.15) is 0 Å². The van der Waals surface area contributed by atoms with Crippen molar-refractivity contribution in [3.05, 3.63) is 126 Å². The lowest BCUT2D eigenvalue weighted by atomic mass is 9.91. The molecule has 0 spiro atoms. The van der Waals surface area contributed by atoms with Crippen molar-refractivity contribution in [2.45, 2.75) is 26.7 Å². The molecule has 33 heavy (non-hydrogen) atoms. The van der Waals surface area contributed by atoms with Crippen molar-refractivity contribution in [2.75, 3.05) is 5.32 Å². The van der Waals surface area contributed by atoms with Crippen LogP contribution >= 0.6 is 0 Å². The third-order valence-electron chi connectivity index (χ3n) is 6.47. The molecule has 4 aromatic rings. The fraction of sp³-hybridized carbons (Fsp3) is 0.125. The molecule has 0 amide bonds. The molecule has 0 aliphatic heterocycles. The predicted octanol–water partition coefficient (Wildman–Crippen LogP) is 9.11. The summed E-state index contributed by atoms with van der Waals surface area (Å²) in [6.07, 6.45) is 9.07. The maximum atomic E-state index is 3.53. The van der Waals surface area contributed by atoms with Crippen molar-refractivity contribution >= 4 is 16.9 Å². The molecule has 0 fully saturated rings. The zero-order valence-electron chi connectivity index (χ0n) is 19.3. The van der Waals surface area contributed by atoms with Gasteiger partial charge in [0, 0.05) is 11.4 Å². The van der Waals surface area contributed by atoms with E-state index < -0.39 is 0 Å². The lowest BCUT2D eigenvalue weighted by Crippen LogP contribution is -1.93. The summed E-state index contributed by atoms with van der Waals surface area (Å²) in [6, 6.07) is 32.6. The first-order chi connectivity index (χ1) is 16.2. The van der Waals surface area contributed by atoms with Crippen molar-refractivity contribution in [2.24, 2.45) is 0 Å². The fourth-order valence-electron chi connectivity index (χ4n) is 4.59. The molecule has 0 aromatic heterocycles. The van der Waals surface area contributed by atoms with Crippen LogP contribution in [0.1, 0.15) is 29.5 Å². The third kappa shape index (κ3) is 4.54. The number of benzene rings is 4. The fourth-order valence-corrected chi connectivity index (χ4v) is 4.59. The van der Waals surface area contributed by atoms with E-state index >= 15 is 0 Å². The van der Waals surface area contributed by atoms with Crippen LogP contribution < -0.4 is 5.32 Å². The minimum Gasteiger partial charge on any atom is -0.356 e. The zero-order chi connectivity index (χ0) is 22.6. The highest BCUT2D eigenvalue weighted by Crippen LogP contribution is 2.34. The van der Waals surface area contributed by atoms with Gasteiger partial charge in [0.25, 0.3) is 0 Å². The predicted molar refractivity (Wildman–Crippen MR) is 143 cm³/mol. The van der Waals surface area contributed by atoms with Crippen molar-refractivity contribution in [3.63, 3.8) is 0 Å². The third-order valence-corrected chi connectivity index (χ3v) is 6.47. The molecule has 0 atom stereocenters. The maximum absolute atomic E-state index is 3.53. The van der Waals surface area contributed by atoms with E-state index in [4.69, 9.17) is 0 Å². The quantitative estimate of drug-likeness (QED) is 0.335. The molecule has 1 N–H and O–H groups in total. The normalized spacial score (nSPS) is 13.0. The van der Waals surface area contributed by atoms with Crippen LogP contribution in [0.5, 0.6) is 0 Å². The molecule has 0 unspecified atom stereocenters. The zero-order valence-corrected chi connectivity index (χ0v) is 19.3. The summed E-state index contributed by atoms with van der Waals surface area (Å²) in [6.45, 7) is 4.40. The number of nitrogens with one attached hydrogen (secondary N) is 1. The molecule has 1 aliphatic carbocycles. The SMILES string of the molecule is Cc1ccccc1-c1cccc(-c2ccc(Nc3ccc(C4=CCCC=C4)cc3)cc2)c1C. The van der Waals surface area contributed by atoms with Gasteiger partial charge in [0.2, 0.25) is 0 Å². The molecule has 0 saturated carbocycles. The summed E-state index contributed by atoms with van der Waals surface area (Å²) in [5.41, 5.74) is 12.5. The highest BCUT2D eigenvalue weighted by molar-refractivity contribution is 5.80. The second-order valence-electron chi connectivity index (χ2n) is 8.71.